The van der Waals surface area contributed by atoms with Gasteiger partial charge in [0.05, 0.1) is 5.39 Å². The molecule has 0 N–H and O–H groups in total. The number of hydrogen-bond acceptors (Lipinski definition) is 3. The molecule has 3 rings (SSSR count). The van der Waals surface area contributed by atoms with Gasteiger partial charge in [-0.2, -0.15) is 0 Å². The molecule has 0 fully saturated rings. The first-order chi connectivity index (χ1) is 9.33. The van der Waals surface area contributed by atoms with Crippen molar-refractivity contribution in [3.8, 4) is 0 Å². The molecule has 0 spiro atoms. The predicted octanol–water partition coefficient (Wildman–Crippen LogP) is 3.36. The molecule has 2 aromatic heterocycles. The molecule has 19 heavy (non-hydrogen) atoms. The molecule has 92 valence electrons. The van der Waals surface area contributed by atoms with Crippen LogP contribution < -0.4 is 5.43 Å². The Balaban J connectivity index is 2.02. The number of nitrogens with zero attached hydrogens (tertiary/aromatic N) is 1. The highest BCUT2D eigenvalue weighted by Gasteiger charge is 2.01. The van der Waals surface area contributed by atoms with E-state index in [1.807, 2.05) is 30.3 Å². The van der Waals surface area contributed by atoms with Gasteiger partial charge in [0.2, 0.25) is 0 Å². The van der Waals surface area contributed by atoms with Crippen LogP contribution in [0.1, 0.15) is 11.3 Å². The number of aromatic nitrogens is 1. The topological polar surface area (TPSA) is 43.1 Å². The molecule has 1 aromatic carbocycles. The zero-order valence-electron chi connectivity index (χ0n) is 10.1. The average Bonchev–Trinajstić information content (AvgIpc) is 2.46. The minimum absolute atomic E-state index is 0.0345. The molecule has 3 nitrogen and oxygen atoms in total. The summed E-state index contributed by atoms with van der Waals surface area (Å²) in [5, 5.41) is 0.598. The second kappa shape index (κ2) is 4.90. The third kappa shape index (κ3) is 2.45. The van der Waals surface area contributed by atoms with Crippen LogP contribution in [0.3, 0.4) is 0 Å². The molecule has 0 bridgehead atoms. The Kier molecular flexibility index (Phi) is 2.94. The van der Waals surface area contributed by atoms with E-state index in [2.05, 4.69) is 4.98 Å². The summed E-state index contributed by atoms with van der Waals surface area (Å²) in [5.74, 6) is 0.535. The molecule has 0 saturated heterocycles. The number of rotatable bonds is 2. The average molecular weight is 249 g/mol. The Hall–Kier alpha value is -2.68. The highest BCUT2D eigenvalue weighted by Crippen LogP contribution is 2.13. The second-order valence-corrected chi connectivity index (χ2v) is 4.13. The monoisotopic (exact) mass is 249 g/mol. The Morgan fingerprint density at radius 3 is 2.79 bits per heavy atom. The van der Waals surface area contributed by atoms with Gasteiger partial charge in [-0.15, -0.1) is 0 Å². The van der Waals surface area contributed by atoms with Crippen LogP contribution in [0.5, 0.6) is 0 Å². The van der Waals surface area contributed by atoms with E-state index in [1.54, 1.807) is 30.6 Å². The van der Waals surface area contributed by atoms with Crippen LogP contribution in [-0.4, -0.2) is 4.98 Å². The number of hydrogen-bond donors (Lipinski definition) is 0. The number of para-hydroxylation sites is 1. The lowest BCUT2D eigenvalue weighted by atomic mass is 10.2. The fourth-order valence-corrected chi connectivity index (χ4v) is 1.86. The van der Waals surface area contributed by atoms with E-state index >= 15 is 0 Å². The van der Waals surface area contributed by atoms with E-state index in [0.29, 0.717) is 16.7 Å². The summed E-state index contributed by atoms with van der Waals surface area (Å²) in [5.41, 5.74) is 1.52. The Bertz CT molecular complexity index is 788. The normalized spacial score (nSPS) is 11.2. The summed E-state index contributed by atoms with van der Waals surface area (Å²) in [6.45, 7) is 0. The van der Waals surface area contributed by atoms with Crippen molar-refractivity contribution in [2.75, 3.05) is 0 Å². The molecular formula is C16H11NO2. The Morgan fingerprint density at radius 1 is 1.05 bits per heavy atom. The first kappa shape index (κ1) is 11.4. The zero-order chi connectivity index (χ0) is 13.1. The summed E-state index contributed by atoms with van der Waals surface area (Å²) in [7, 11) is 0. The largest absolute Gasteiger partial charge is 0.456 e. The van der Waals surface area contributed by atoms with Crippen molar-refractivity contribution in [1.29, 1.82) is 0 Å². The lowest BCUT2D eigenvalue weighted by Crippen LogP contribution is -1.99. The lowest BCUT2D eigenvalue weighted by molar-refractivity contribution is 0.591. The van der Waals surface area contributed by atoms with Gasteiger partial charge in [-0.05, 0) is 35.9 Å². The third-order valence-electron chi connectivity index (χ3n) is 2.78. The summed E-state index contributed by atoms with van der Waals surface area (Å²) in [6.07, 6.45) is 7.09. The zero-order valence-corrected chi connectivity index (χ0v) is 10.1. The van der Waals surface area contributed by atoms with Gasteiger partial charge < -0.3 is 4.42 Å². The maximum Gasteiger partial charge on any atom is 0.193 e. The van der Waals surface area contributed by atoms with Gasteiger partial charge >= 0.3 is 0 Å². The van der Waals surface area contributed by atoms with Crippen molar-refractivity contribution in [3.05, 3.63) is 76.4 Å². The second-order valence-electron chi connectivity index (χ2n) is 4.13. The maximum absolute atomic E-state index is 11.9. The van der Waals surface area contributed by atoms with E-state index in [4.69, 9.17) is 4.42 Å². The fraction of sp³-hybridized carbons (Fsp3) is 0. The maximum atomic E-state index is 11.9. The molecule has 3 heteroatoms. The number of fused-ring (bicyclic) bond motifs is 1. The van der Waals surface area contributed by atoms with Gasteiger partial charge in [0, 0.05) is 18.5 Å². The summed E-state index contributed by atoms with van der Waals surface area (Å²) in [4.78, 5) is 15.9. The van der Waals surface area contributed by atoms with Crippen LogP contribution in [0.4, 0.5) is 0 Å². The SMILES string of the molecule is O=c1cc(/C=C/c2cccnc2)oc2ccccc12. The molecule has 0 radical (unpaired) electrons. The predicted molar refractivity (Wildman–Crippen MR) is 75.6 cm³/mol. The van der Waals surface area contributed by atoms with Crippen LogP contribution >= 0.6 is 0 Å². The molecule has 0 amide bonds. The van der Waals surface area contributed by atoms with Crippen molar-refractivity contribution >= 4 is 23.1 Å². The van der Waals surface area contributed by atoms with Gasteiger partial charge in [-0.3, -0.25) is 9.78 Å². The van der Waals surface area contributed by atoms with Crippen molar-refractivity contribution < 1.29 is 4.42 Å². The first-order valence-corrected chi connectivity index (χ1v) is 5.94. The fourth-order valence-electron chi connectivity index (χ4n) is 1.86. The number of benzene rings is 1. The van der Waals surface area contributed by atoms with E-state index in [-0.39, 0.29) is 5.43 Å². The van der Waals surface area contributed by atoms with Crippen LogP contribution in [0.15, 0.2) is 64.1 Å². The third-order valence-corrected chi connectivity index (χ3v) is 2.78. The number of pyridine rings is 1. The molecule has 2 heterocycles. The van der Waals surface area contributed by atoms with Crippen LogP contribution in [0.25, 0.3) is 23.1 Å². The Labute approximate surface area is 109 Å². The van der Waals surface area contributed by atoms with Gasteiger partial charge in [0.15, 0.2) is 5.43 Å². The molecule has 0 aliphatic rings. The van der Waals surface area contributed by atoms with Crippen molar-refractivity contribution in [1.82, 2.24) is 4.98 Å². The van der Waals surface area contributed by atoms with Crippen LogP contribution in [0, 0.1) is 0 Å². The van der Waals surface area contributed by atoms with E-state index in [0.717, 1.165) is 5.56 Å². The molecule has 0 saturated carbocycles. The minimum atomic E-state index is -0.0345. The summed E-state index contributed by atoms with van der Waals surface area (Å²) >= 11 is 0. The van der Waals surface area contributed by atoms with Crippen molar-refractivity contribution in [2.45, 2.75) is 0 Å². The van der Waals surface area contributed by atoms with E-state index in [9.17, 15) is 4.79 Å². The lowest BCUT2D eigenvalue weighted by Gasteiger charge is -1.98. The smallest absolute Gasteiger partial charge is 0.193 e. The minimum Gasteiger partial charge on any atom is -0.456 e. The van der Waals surface area contributed by atoms with Gasteiger partial charge in [-0.25, -0.2) is 0 Å². The Morgan fingerprint density at radius 2 is 1.95 bits per heavy atom. The standard InChI is InChI=1S/C16H11NO2/c18-15-10-13(8-7-12-4-3-9-17-11-12)19-16-6-2-1-5-14(15)16/h1-11H/b8-7+. The van der Waals surface area contributed by atoms with Gasteiger partial charge in [0.25, 0.3) is 0 Å². The van der Waals surface area contributed by atoms with E-state index in [1.165, 1.54) is 6.07 Å². The van der Waals surface area contributed by atoms with Crippen LogP contribution in [-0.2, 0) is 0 Å². The molecule has 0 aliphatic carbocycles. The van der Waals surface area contributed by atoms with E-state index < -0.39 is 0 Å². The first-order valence-electron chi connectivity index (χ1n) is 5.94. The quantitative estimate of drug-likeness (QED) is 0.699. The molecular weight excluding hydrogens is 238 g/mol. The van der Waals surface area contributed by atoms with Gasteiger partial charge in [0.1, 0.15) is 11.3 Å². The summed E-state index contributed by atoms with van der Waals surface area (Å²) < 4.78 is 5.66. The molecule has 0 aliphatic heterocycles. The van der Waals surface area contributed by atoms with Crippen molar-refractivity contribution in [3.63, 3.8) is 0 Å². The van der Waals surface area contributed by atoms with Crippen molar-refractivity contribution in [2.24, 2.45) is 0 Å². The van der Waals surface area contributed by atoms with Crippen LogP contribution in [0.2, 0.25) is 0 Å². The molecule has 3 aromatic rings. The van der Waals surface area contributed by atoms with Gasteiger partial charge in [-0.1, -0.05) is 18.2 Å². The highest BCUT2D eigenvalue weighted by molar-refractivity contribution is 5.78. The molecule has 0 atom stereocenters. The summed E-state index contributed by atoms with van der Waals surface area (Å²) in [6, 6.07) is 12.5. The highest BCUT2D eigenvalue weighted by atomic mass is 16.3. The molecule has 0 unspecified atom stereocenters.